The smallest absolute Gasteiger partial charge is 0.481 e. The van der Waals surface area contributed by atoms with Crippen molar-refractivity contribution < 1.29 is 31.1 Å². The summed E-state index contributed by atoms with van der Waals surface area (Å²) in [4.78, 5) is 3.54. The first kappa shape index (κ1) is 18.0. The second-order valence-electron chi connectivity index (χ2n) is 4.55. The van der Waals surface area contributed by atoms with Gasteiger partial charge in [-0.05, 0) is 23.8 Å². The van der Waals surface area contributed by atoms with E-state index in [2.05, 4.69) is 14.4 Å². The minimum absolute atomic E-state index is 0.0778. The second-order valence-corrected chi connectivity index (χ2v) is 6.32. The molecule has 1 heterocycles. The van der Waals surface area contributed by atoms with Crippen LogP contribution in [0.1, 0.15) is 5.56 Å². The normalized spacial score (nSPS) is 12.0. The fourth-order valence-electron chi connectivity index (χ4n) is 1.77. The maximum absolute atomic E-state index is 12.2. The average molecular weight is 362 g/mol. The van der Waals surface area contributed by atoms with Gasteiger partial charge in [-0.1, -0.05) is 6.07 Å². The van der Waals surface area contributed by atoms with E-state index < -0.39 is 22.1 Å². The SMILES string of the molecule is COc1cc(CNS(=O)(=O)c2cccc(OC(F)(F)F)c2)ccn1. The van der Waals surface area contributed by atoms with E-state index in [9.17, 15) is 21.6 Å². The van der Waals surface area contributed by atoms with Gasteiger partial charge in [-0.25, -0.2) is 18.1 Å². The van der Waals surface area contributed by atoms with Crippen LogP contribution < -0.4 is 14.2 Å². The van der Waals surface area contributed by atoms with Crippen LogP contribution in [0, 0.1) is 0 Å². The summed E-state index contributed by atoms with van der Waals surface area (Å²) in [7, 11) is -2.60. The van der Waals surface area contributed by atoms with Crippen molar-refractivity contribution in [1.29, 1.82) is 0 Å². The number of halogens is 3. The van der Waals surface area contributed by atoms with Gasteiger partial charge in [0.1, 0.15) is 5.75 Å². The predicted molar refractivity (Wildman–Crippen MR) is 77.9 cm³/mol. The highest BCUT2D eigenvalue weighted by atomic mass is 32.2. The van der Waals surface area contributed by atoms with Gasteiger partial charge in [-0.3, -0.25) is 0 Å². The Morgan fingerprint density at radius 3 is 2.62 bits per heavy atom. The third kappa shape index (κ3) is 5.10. The van der Waals surface area contributed by atoms with Crippen LogP contribution in [0.3, 0.4) is 0 Å². The summed E-state index contributed by atoms with van der Waals surface area (Å²) in [6.45, 7) is -0.0778. The van der Waals surface area contributed by atoms with E-state index >= 15 is 0 Å². The molecule has 0 aliphatic rings. The van der Waals surface area contributed by atoms with E-state index in [1.54, 1.807) is 6.07 Å². The highest BCUT2D eigenvalue weighted by molar-refractivity contribution is 7.89. The molecule has 1 aromatic heterocycles. The minimum atomic E-state index is -4.90. The number of aromatic nitrogens is 1. The van der Waals surface area contributed by atoms with E-state index in [-0.39, 0.29) is 11.4 Å². The molecule has 2 rings (SSSR count). The number of nitrogens with one attached hydrogen (secondary N) is 1. The third-order valence-electron chi connectivity index (χ3n) is 2.82. The summed E-state index contributed by atoms with van der Waals surface area (Å²) >= 11 is 0. The molecule has 0 unspecified atom stereocenters. The van der Waals surface area contributed by atoms with Crippen molar-refractivity contribution in [1.82, 2.24) is 9.71 Å². The van der Waals surface area contributed by atoms with Crippen LogP contribution in [0.4, 0.5) is 13.2 Å². The first-order chi connectivity index (χ1) is 11.2. The summed E-state index contributed by atoms with van der Waals surface area (Å²) < 4.78 is 71.9. The standard InChI is InChI=1S/C14H13F3N2O4S/c1-22-13-7-10(5-6-18-13)9-19-24(20,21)12-4-2-3-11(8-12)23-14(15,16)17/h2-8,19H,9H2,1H3. The number of nitrogens with zero attached hydrogens (tertiary/aromatic N) is 1. The molecule has 130 valence electrons. The number of hydrogen-bond acceptors (Lipinski definition) is 5. The van der Waals surface area contributed by atoms with E-state index in [1.165, 1.54) is 25.4 Å². The molecule has 0 radical (unpaired) electrons. The topological polar surface area (TPSA) is 77.5 Å². The maximum atomic E-state index is 12.2. The third-order valence-corrected chi connectivity index (χ3v) is 4.22. The number of benzene rings is 1. The number of sulfonamides is 1. The Labute approximate surface area is 136 Å². The molecular weight excluding hydrogens is 349 g/mol. The first-order valence-electron chi connectivity index (χ1n) is 6.54. The zero-order chi connectivity index (χ0) is 17.8. The van der Waals surface area contributed by atoms with Gasteiger partial charge in [0.15, 0.2) is 0 Å². The summed E-state index contributed by atoms with van der Waals surface area (Å²) in [6, 6.07) is 7.24. The lowest BCUT2D eigenvalue weighted by atomic mass is 10.3. The fourth-order valence-corrected chi connectivity index (χ4v) is 2.82. The van der Waals surface area contributed by atoms with Crippen LogP contribution in [-0.2, 0) is 16.6 Å². The molecular formula is C14H13F3N2O4S. The number of hydrogen-bond donors (Lipinski definition) is 1. The van der Waals surface area contributed by atoms with Crippen LogP contribution in [0.25, 0.3) is 0 Å². The van der Waals surface area contributed by atoms with E-state index in [0.29, 0.717) is 11.4 Å². The van der Waals surface area contributed by atoms with Crippen LogP contribution >= 0.6 is 0 Å². The highest BCUT2D eigenvalue weighted by Gasteiger charge is 2.31. The predicted octanol–water partition coefficient (Wildman–Crippen LogP) is 2.47. The Balaban J connectivity index is 2.13. The number of ether oxygens (including phenoxy) is 2. The lowest BCUT2D eigenvalue weighted by Gasteiger charge is -2.11. The second kappa shape index (κ2) is 7.05. The Morgan fingerprint density at radius 1 is 1.21 bits per heavy atom. The molecule has 0 bridgehead atoms. The summed E-state index contributed by atoms with van der Waals surface area (Å²) in [5.41, 5.74) is 0.577. The minimum Gasteiger partial charge on any atom is -0.481 e. The van der Waals surface area contributed by atoms with Crippen molar-refractivity contribution in [3.8, 4) is 11.6 Å². The average Bonchev–Trinajstić information content (AvgIpc) is 2.52. The van der Waals surface area contributed by atoms with Gasteiger partial charge in [0.25, 0.3) is 0 Å². The van der Waals surface area contributed by atoms with Crippen molar-refractivity contribution in [2.24, 2.45) is 0 Å². The highest BCUT2D eigenvalue weighted by Crippen LogP contribution is 2.25. The number of rotatable bonds is 6. The Hall–Kier alpha value is -2.33. The molecule has 1 N–H and O–H groups in total. The zero-order valence-corrected chi connectivity index (χ0v) is 13.2. The zero-order valence-electron chi connectivity index (χ0n) is 12.4. The summed E-state index contributed by atoms with van der Waals surface area (Å²) in [5.74, 6) is -0.303. The first-order valence-corrected chi connectivity index (χ1v) is 8.02. The monoisotopic (exact) mass is 362 g/mol. The summed E-state index contributed by atoms with van der Waals surface area (Å²) in [6.07, 6.45) is -3.45. The molecule has 0 atom stereocenters. The molecule has 24 heavy (non-hydrogen) atoms. The van der Waals surface area contributed by atoms with Gasteiger partial charge < -0.3 is 9.47 Å². The largest absolute Gasteiger partial charge is 0.573 e. The van der Waals surface area contributed by atoms with Crippen molar-refractivity contribution >= 4 is 10.0 Å². The van der Waals surface area contributed by atoms with Gasteiger partial charge in [0.05, 0.1) is 12.0 Å². The molecule has 0 saturated heterocycles. The molecule has 6 nitrogen and oxygen atoms in total. The molecule has 0 fully saturated rings. The van der Waals surface area contributed by atoms with Crippen molar-refractivity contribution in [2.45, 2.75) is 17.8 Å². The van der Waals surface area contributed by atoms with Gasteiger partial charge in [0.2, 0.25) is 15.9 Å². The molecule has 2 aromatic rings. The molecule has 0 spiro atoms. The van der Waals surface area contributed by atoms with Crippen LogP contribution in [-0.4, -0.2) is 26.9 Å². The van der Waals surface area contributed by atoms with Gasteiger partial charge in [-0.15, -0.1) is 13.2 Å². The molecule has 0 saturated carbocycles. The molecule has 0 amide bonds. The molecule has 1 aromatic carbocycles. The number of pyridine rings is 1. The van der Waals surface area contributed by atoms with E-state index in [4.69, 9.17) is 4.74 Å². The van der Waals surface area contributed by atoms with E-state index in [0.717, 1.165) is 18.2 Å². The Bertz CT molecular complexity index is 810. The van der Waals surface area contributed by atoms with Crippen molar-refractivity contribution in [3.05, 3.63) is 48.2 Å². The quantitative estimate of drug-likeness (QED) is 0.854. The van der Waals surface area contributed by atoms with Crippen molar-refractivity contribution in [3.63, 3.8) is 0 Å². The van der Waals surface area contributed by atoms with Gasteiger partial charge in [-0.2, -0.15) is 0 Å². The van der Waals surface area contributed by atoms with Crippen molar-refractivity contribution in [2.75, 3.05) is 7.11 Å². The molecule has 10 heteroatoms. The molecule has 0 aliphatic heterocycles. The van der Waals surface area contributed by atoms with Crippen LogP contribution in [0.2, 0.25) is 0 Å². The van der Waals surface area contributed by atoms with Crippen LogP contribution in [0.5, 0.6) is 11.6 Å². The molecule has 0 aliphatic carbocycles. The maximum Gasteiger partial charge on any atom is 0.573 e. The fraction of sp³-hybridized carbons (Fsp3) is 0.214. The van der Waals surface area contributed by atoms with E-state index in [1.807, 2.05) is 0 Å². The summed E-state index contributed by atoms with van der Waals surface area (Å²) in [5, 5.41) is 0. The number of methoxy groups -OCH3 is 1. The lowest BCUT2D eigenvalue weighted by Crippen LogP contribution is -2.23. The van der Waals surface area contributed by atoms with Gasteiger partial charge >= 0.3 is 6.36 Å². The Kier molecular flexibility index (Phi) is 5.30. The van der Waals surface area contributed by atoms with Crippen LogP contribution in [0.15, 0.2) is 47.5 Å². The lowest BCUT2D eigenvalue weighted by molar-refractivity contribution is -0.274. The van der Waals surface area contributed by atoms with Gasteiger partial charge in [0, 0.05) is 24.9 Å². The number of alkyl halides is 3. The Morgan fingerprint density at radius 2 is 1.96 bits per heavy atom.